The van der Waals surface area contributed by atoms with Gasteiger partial charge in [0.15, 0.2) is 0 Å². The number of rotatable bonds is 6. The lowest BCUT2D eigenvalue weighted by atomic mass is 9.86. The van der Waals surface area contributed by atoms with Crippen molar-refractivity contribution >= 4 is 27.4 Å². The van der Waals surface area contributed by atoms with Crippen LogP contribution in [-0.2, 0) is 18.3 Å². The van der Waals surface area contributed by atoms with Crippen LogP contribution in [0, 0.1) is 6.92 Å². The molecule has 0 radical (unpaired) electrons. The summed E-state index contributed by atoms with van der Waals surface area (Å²) in [6, 6.07) is 11.2. The number of benzene rings is 1. The lowest BCUT2D eigenvalue weighted by Gasteiger charge is -2.19. The summed E-state index contributed by atoms with van der Waals surface area (Å²) in [5.74, 6) is 1.90. The highest BCUT2D eigenvalue weighted by Gasteiger charge is 2.13. The second-order valence-corrected chi connectivity index (χ2v) is 9.13. The third-order valence-corrected chi connectivity index (χ3v) is 5.58. The number of hydrogen-bond acceptors (Lipinski definition) is 4. The third kappa shape index (κ3) is 4.42. The molecule has 0 saturated carbocycles. The first-order valence-electron chi connectivity index (χ1n) is 9.47. The molecule has 1 N–H and O–H groups in total. The Kier molecular flexibility index (Phi) is 5.61. The summed E-state index contributed by atoms with van der Waals surface area (Å²) < 4.78 is 0. The van der Waals surface area contributed by atoms with Gasteiger partial charge in [0.1, 0.15) is 16.5 Å². The number of aromatic nitrogens is 2. The predicted octanol–water partition coefficient (Wildman–Crippen LogP) is 5.90. The summed E-state index contributed by atoms with van der Waals surface area (Å²) in [6.07, 6.45) is 3.03. The first-order chi connectivity index (χ1) is 12.4. The molecule has 26 heavy (non-hydrogen) atoms. The van der Waals surface area contributed by atoms with Crippen molar-refractivity contribution in [3.05, 3.63) is 52.2 Å². The summed E-state index contributed by atoms with van der Waals surface area (Å²) in [5.41, 5.74) is 3.00. The number of hydrogen-bond donors (Lipinski definition) is 1. The minimum atomic E-state index is 0.216. The molecule has 0 spiro atoms. The van der Waals surface area contributed by atoms with Gasteiger partial charge < -0.3 is 5.32 Å². The smallest absolute Gasteiger partial charge is 0.138 e. The van der Waals surface area contributed by atoms with Crippen molar-refractivity contribution in [2.24, 2.45) is 0 Å². The van der Waals surface area contributed by atoms with Gasteiger partial charge in [-0.25, -0.2) is 9.97 Å². The van der Waals surface area contributed by atoms with E-state index in [0.29, 0.717) is 0 Å². The minimum absolute atomic E-state index is 0.216. The topological polar surface area (TPSA) is 37.8 Å². The summed E-state index contributed by atoms with van der Waals surface area (Å²) in [6.45, 7) is 11.9. The van der Waals surface area contributed by atoms with Crippen molar-refractivity contribution in [2.75, 3.05) is 11.9 Å². The summed E-state index contributed by atoms with van der Waals surface area (Å²) >= 11 is 1.74. The van der Waals surface area contributed by atoms with Crippen LogP contribution in [0.5, 0.6) is 0 Å². The molecule has 0 atom stereocenters. The van der Waals surface area contributed by atoms with E-state index in [-0.39, 0.29) is 5.41 Å². The van der Waals surface area contributed by atoms with E-state index >= 15 is 0 Å². The van der Waals surface area contributed by atoms with E-state index in [0.717, 1.165) is 47.7 Å². The molecule has 3 aromatic rings. The highest BCUT2D eigenvalue weighted by molar-refractivity contribution is 7.18. The average Bonchev–Trinajstić information content (AvgIpc) is 2.98. The lowest BCUT2D eigenvalue weighted by Crippen LogP contribution is -2.11. The highest BCUT2D eigenvalue weighted by Crippen LogP contribution is 2.28. The molecule has 0 saturated heterocycles. The van der Waals surface area contributed by atoms with Crippen molar-refractivity contribution in [1.29, 1.82) is 0 Å². The molecule has 138 valence electrons. The Bertz CT molecular complexity index is 873. The number of thiophene rings is 1. The van der Waals surface area contributed by atoms with Crippen LogP contribution in [0.25, 0.3) is 10.2 Å². The number of aryl methyl sites for hydroxylation is 3. The molecular formula is C22H29N3S. The van der Waals surface area contributed by atoms with Crippen LogP contribution in [-0.4, -0.2) is 16.5 Å². The Labute approximate surface area is 160 Å². The molecule has 0 aliphatic carbocycles. The van der Waals surface area contributed by atoms with Crippen molar-refractivity contribution in [1.82, 2.24) is 9.97 Å². The Balaban J connectivity index is 1.61. The van der Waals surface area contributed by atoms with Crippen LogP contribution in [0.4, 0.5) is 5.82 Å². The van der Waals surface area contributed by atoms with E-state index in [1.807, 2.05) is 0 Å². The Morgan fingerprint density at radius 3 is 2.46 bits per heavy atom. The lowest BCUT2D eigenvalue weighted by molar-refractivity contribution is 0.590. The van der Waals surface area contributed by atoms with Gasteiger partial charge in [0.05, 0.1) is 5.39 Å². The van der Waals surface area contributed by atoms with Gasteiger partial charge in [0, 0.05) is 17.8 Å². The van der Waals surface area contributed by atoms with Crippen LogP contribution in [0.3, 0.4) is 0 Å². The molecular weight excluding hydrogens is 338 g/mol. The van der Waals surface area contributed by atoms with Gasteiger partial charge in [-0.1, -0.05) is 52.0 Å². The van der Waals surface area contributed by atoms with Gasteiger partial charge in [-0.15, -0.1) is 11.3 Å². The van der Waals surface area contributed by atoms with Gasteiger partial charge in [-0.05, 0) is 42.4 Å². The average molecular weight is 368 g/mol. The molecule has 0 bridgehead atoms. The van der Waals surface area contributed by atoms with E-state index < -0.39 is 0 Å². The third-order valence-electron chi connectivity index (χ3n) is 4.63. The van der Waals surface area contributed by atoms with Crippen LogP contribution in [0.15, 0.2) is 30.3 Å². The molecule has 1 aromatic carbocycles. The van der Waals surface area contributed by atoms with Gasteiger partial charge in [0.2, 0.25) is 0 Å². The fourth-order valence-corrected chi connectivity index (χ4v) is 3.95. The number of nitrogens with zero attached hydrogens (tertiary/aromatic N) is 2. The van der Waals surface area contributed by atoms with Crippen molar-refractivity contribution < 1.29 is 0 Å². The van der Waals surface area contributed by atoms with Crippen molar-refractivity contribution in [3.8, 4) is 0 Å². The van der Waals surface area contributed by atoms with Crippen molar-refractivity contribution in [2.45, 2.75) is 59.3 Å². The summed E-state index contributed by atoms with van der Waals surface area (Å²) in [7, 11) is 0. The monoisotopic (exact) mass is 367 g/mol. The Morgan fingerprint density at radius 2 is 1.81 bits per heavy atom. The van der Waals surface area contributed by atoms with E-state index in [9.17, 15) is 0 Å². The maximum Gasteiger partial charge on any atom is 0.138 e. The molecule has 4 heteroatoms. The number of nitrogens with one attached hydrogen (secondary N) is 1. The normalized spacial score (nSPS) is 11.9. The Hall–Kier alpha value is -1.94. The predicted molar refractivity (Wildman–Crippen MR) is 113 cm³/mol. The van der Waals surface area contributed by atoms with E-state index in [2.05, 4.69) is 75.3 Å². The molecule has 3 rings (SSSR count). The van der Waals surface area contributed by atoms with E-state index in [1.165, 1.54) is 16.0 Å². The largest absolute Gasteiger partial charge is 0.369 e. The second kappa shape index (κ2) is 7.75. The van der Waals surface area contributed by atoms with Gasteiger partial charge >= 0.3 is 0 Å². The molecule has 2 heterocycles. The van der Waals surface area contributed by atoms with E-state index in [1.54, 1.807) is 11.3 Å². The van der Waals surface area contributed by atoms with Crippen LogP contribution in [0.2, 0.25) is 0 Å². The van der Waals surface area contributed by atoms with Crippen LogP contribution in [0.1, 0.15) is 55.9 Å². The molecule has 2 aromatic heterocycles. The molecule has 0 amide bonds. The quantitative estimate of drug-likeness (QED) is 0.551. The van der Waals surface area contributed by atoms with Gasteiger partial charge in [-0.2, -0.15) is 0 Å². The maximum atomic E-state index is 4.70. The first kappa shape index (κ1) is 18.8. The maximum absolute atomic E-state index is 4.70. The Morgan fingerprint density at radius 1 is 1.08 bits per heavy atom. The zero-order chi connectivity index (χ0) is 18.7. The molecule has 0 fully saturated rings. The second-order valence-electron chi connectivity index (χ2n) is 7.90. The zero-order valence-corrected chi connectivity index (χ0v) is 17.3. The highest BCUT2D eigenvalue weighted by atomic mass is 32.1. The first-order valence-corrected chi connectivity index (χ1v) is 10.3. The molecule has 0 aliphatic heterocycles. The van der Waals surface area contributed by atoms with Crippen molar-refractivity contribution in [3.63, 3.8) is 0 Å². The molecule has 3 nitrogen and oxygen atoms in total. The molecule has 0 unspecified atom stereocenters. The van der Waals surface area contributed by atoms with E-state index in [4.69, 9.17) is 4.98 Å². The fourth-order valence-electron chi connectivity index (χ4n) is 3.05. The SMILES string of the molecule is CCc1nc(NCCCc2ccc(C(C)(C)C)cc2)c2cc(C)sc2n1. The fraction of sp³-hybridized carbons (Fsp3) is 0.455. The molecule has 0 aliphatic rings. The van der Waals surface area contributed by atoms with Crippen LogP contribution >= 0.6 is 11.3 Å². The zero-order valence-electron chi connectivity index (χ0n) is 16.5. The standard InChI is InChI=1S/C22H29N3S/c1-6-19-24-20(18-14-15(2)26-21(18)25-19)23-13-7-8-16-9-11-17(12-10-16)22(3,4)5/h9-12,14H,6-8,13H2,1-5H3,(H,23,24,25). The van der Waals surface area contributed by atoms with Gasteiger partial charge in [-0.3, -0.25) is 0 Å². The number of anilines is 1. The van der Waals surface area contributed by atoms with Gasteiger partial charge in [0.25, 0.3) is 0 Å². The number of fused-ring (bicyclic) bond motifs is 1. The minimum Gasteiger partial charge on any atom is -0.369 e. The summed E-state index contributed by atoms with van der Waals surface area (Å²) in [5, 5.41) is 4.69. The van der Waals surface area contributed by atoms with Crippen LogP contribution < -0.4 is 5.32 Å². The summed E-state index contributed by atoms with van der Waals surface area (Å²) in [4.78, 5) is 11.7.